The van der Waals surface area contributed by atoms with Crippen LogP contribution in [0.4, 0.5) is 17.6 Å². The molecule has 1 N–H and O–H groups in total. The van der Waals surface area contributed by atoms with Crippen LogP contribution in [0.2, 0.25) is 5.02 Å². The van der Waals surface area contributed by atoms with Crippen LogP contribution in [0.5, 0.6) is 0 Å². The molecule has 0 aliphatic rings. The van der Waals surface area contributed by atoms with Crippen molar-refractivity contribution in [2.24, 2.45) is 0 Å². The van der Waals surface area contributed by atoms with E-state index in [-0.39, 0.29) is 17.0 Å². The highest BCUT2D eigenvalue weighted by atomic mass is 35.5. The fourth-order valence-corrected chi connectivity index (χ4v) is 2.16. The summed E-state index contributed by atoms with van der Waals surface area (Å²) >= 11 is 5.53. The lowest BCUT2D eigenvalue weighted by Gasteiger charge is -2.17. The summed E-state index contributed by atoms with van der Waals surface area (Å²) in [4.78, 5) is 0. The number of aliphatic hydroxyl groups is 1. The third-order valence-corrected chi connectivity index (χ3v) is 3.34. The minimum absolute atomic E-state index is 0.0797. The molecule has 1 atom stereocenters. The van der Waals surface area contributed by atoms with Gasteiger partial charge in [0.05, 0.1) is 16.7 Å². The van der Waals surface area contributed by atoms with Crippen molar-refractivity contribution in [3.8, 4) is 0 Å². The van der Waals surface area contributed by atoms with Gasteiger partial charge in [-0.25, -0.2) is 4.39 Å². The second kappa shape index (κ2) is 6.03. The lowest BCUT2D eigenvalue weighted by atomic mass is 9.97. The molecule has 2 aromatic rings. The third kappa shape index (κ3) is 3.74. The molecule has 0 heterocycles. The van der Waals surface area contributed by atoms with E-state index in [4.69, 9.17) is 11.6 Å². The van der Waals surface area contributed by atoms with E-state index in [2.05, 4.69) is 0 Å². The predicted octanol–water partition coefficient (Wildman–Crippen LogP) is 4.77. The van der Waals surface area contributed by atoms with Crippen LogP contribution in [0, 0.1) is 5.82 Å². The van der Waals surface area contributed by atoms with Gasteiger partial charge in [0.15, 0.2) is 0 Å². The van der Waals surface area contributed by atoms with Crippen molar-refractivity contribution in [2.75, 3.05) is 0 Å². The first-order valence-electron chi connectivity index (χ1n) is 6.07. The summed E-state index contributed by atoms with van der Waals surface area (Å²) in [6.07, 6.45) is -6.08. The average Bonchev–Trinajstić information content (AvgIpc) is 2.42. The fraction of sp³-hybridized carbons (Fsp3) is 0.200. The summed E-state index contributed by atoms with van der Waals surface area (Å²) in [5.41, 5.74) is -0.770. The first-order chi connectivity index (χ1) is 9.79. The van der Waals surface area contributed by atoms with Crippen molar-refractivity contribution in [2.45, 2.75) is 18.7 Å². The first kappa shape index (κ1) is 15.8. The van der Waals surface area contributed by atoms with Gasteiger partial charge in [0.1, 0.15) is 5.82 Å². The van der Waals surface area contributed by atoms with Gasteiger partial charge in [-0.05, 0) is 29.3 Å². The van der Waals surface area contributed by atoms with Gasteiger partial charge in [-0.15, -0.1) is 0 Å². The van der Waals surface area contributed by atoms with Crippen LogP contribution in [0.1, 0.15) is 22.8 Å². The summed E-state index contributed by atoms with van der Waals surface area (Å²) in [6.45, 7) is 0. The molecule has 6 heteroatoms. The largest absolute Gasteiger partial charge is 0.416 e. The zero-order chi connectivity index (χ0) is 15.6. The Morgan fingerprint density at radius 2 is 1.76 bits per heavy atom. The highest BCUT2D eigenvalue weighted by molar-refractivity contribution is 6.30. The maximum absolute atomic E-state index is 13.3. The molecule has 1 nitrogen and oxygen atoms in total. The van der Waals surface area contributed by atoms with E-state index in [0.29, 0.717) is 5.56 Å². The van der Waals surface area contributed by atoms with Gasteiger partial charge in [0.25, 0.3) is 0 Å². The second-order valence-electron chi connectivity index (χ2n) is 4.55. The Bertz CT molecular complexity index is 640. The van der Waals surface area contributed by atoms with Gasteiger partial charge in [0.2, 0.25) is 0 Å². The first-order valence-corrected chi connectivity index (χ1v) is 6.45. The molecule has 2 rings (SSSR count). The number of hydrogen-bond donors (Lipinski definition) is 1. The molecule has 2 aromatic carbocycles. The molecule has 0 fully saturated rings. The summed E-state index contributed by atoms with van der Waals surface area (Å²) < 4.78 is 51.9. The molecule has 0 radical (unpaired) electrons. The zero-order valence-corrected chi connectivity index (χ0v) is 11.4. The van der Waals surface area contributed by atoms with E-state index >= 15 is 0 Å². The standard InChI is InChI=1S/C15H11ClF4O/c16-12-6-5-9(7-13(12)17)8-14(21)10-3-1-2-4-11(10)15(18,19)20/h1-7,14,21H,8H2. The van der Waals surface area contributed by atoms with Crippen molar-refractivity contribution in [1.29, 1.82) is 0 Å². The molecule has 112 valence electrons. The summed E-state index contributed by atoms with van der Waals surface area (Å²) in [5, 5.41) is 9.94. The molecule has 1 unspecified atom stereocenters. The number of aliphatic hydroxyl groups excluding tert-OH is 1. The minimum Gasteiger partial charge on any atom is -0.388 e. The number of halogens is 5. The Balaban J connectivity index is 2.28. The van der Waals surface area contributed by atoms with Crippen LogP contribution in [-0.4, -0.2) is 5.11 Å². The van der Waals surface area contributed by atoms with Crippen LogP contribution in [0.3, 0.4) is 0 Å². The number of benzene rings is 2. The molecule has 0 saturated carbocycles. The maximum atomic E-state index is 13.3. The maximum Gasteiger partial charge on any atom is 0.416 e. The van der Waals surface area contributed by atoms with Crippen molar-refractivity contribution in [3.63, 3.8) is 0 Å². The summed E-state index contributed by atoms with van der Waals surface area (Å²) in [6, 6.07) is 8.64. The minimum atomic E-state index is -4.55. The van der Waals surface area contributed by atoms with Gasteiger partial charge >= 0.3 is 6.18 Å². The van der Waals surface area contributed by atoms with Crippen LogP contribution < -0.4 is 0 Å². The topological polar surface area (TPSA) is 20.2 Å². The normalized spacial score (nSPS) is 13.2. The molecular formula is C15H11ClF4O. The third-order valence-electron chi connectivity index (χ3n) is 3.04. The van der Waals surface area contributed by atoms with E-state index < -0.39 is 23.7 Å². The second-order valence-corrected chi connectivity index (χ2v) is 4.96. The summed E-state index contributed by atoms with van der Waals surface area (Å²) in [7, 11) is 0. The number of alkyl halides is 3. The molecule has 0 amide bonds. The molecule has 0 spiro atoms. The zero-order valence-electron chi connectivity index (χ0n) is 10.7. The fourth-order valence-electron chi connectivity index (χ4n) is 2.05. The average molecular weight is 319 g/mol. The molecular weight excluding hydrogens is 308 g/mol. The van der Waals surface area contributed by atoms with Crippen LogP contribution in [-0.2, 0) is 12.6 Å². The van der Waals surface area contributed by atoms with E-state index in [9.17, 15) is 22.7 Å². The lowest BCUT2D eigenvalue weighted by molar-refractivity contribution is -0.139. The van der Waals surface area contributed by atoms with Crippen LogP contribution >= 0.6 is 11.6 Å². The Kier molecular flexibility index (Phi) is 4.54. The van der Waals surface area contributed by atoms with Crippen molar-refractivity contribution < 1.29 is 22.7 Å². The van der Waals surface area contributed by atoms with Crippen molar-refractivity contribution in [1.82, 2.24) is 0 Å². The quantitative estimate of drug-likeness (QED) is 0.808. The summed E-state index contributed by atoms with van der Waals surface area (Å²) in [5.74, 6) is -0.675. The lowest BCUT2D eigenvalue weighted by Crippen LogP contribution is -2.13. The highest BCUT2D eigenvalue weighted by Crippen LogP contribution is 2.35. The molecule has 0 aliphatic heterocycles. The van der Waals surface area contributed by atoms with Gasteiger partial charge in [0, 0.05) is 6.42 Å². The monoisotopic (exact) mass is 318 g/mol. The highest BCUT2D eigenvalue weighted by Gasteiger charge is 2.34. The molecule has 0 bridgehead atoms. The Morgan fingerprint density at radius 1 is 1.10 bits per heavy atom. The Morgan fingerprint density at radius 3 is 2.38 bits per heavy atom. The molecule has 0 aliphatic carbocycles. The number of hydrogen-bond acceptors (Lipinski definition) is 1. The van der Waals surface area contributed by atoms with E-state index in [1.54, 1.807) is 0 Å². The van der Waals surface area contributed by atoms with Crippen molar-refractivity contribution >= 4 is 11.6 Å². The molecule has 21 heavy (non-hydrogen) atoms. The van der Waals surface area contributed by atoms with Crippen LogP contribution in [0.15, 0.2) is 42.5 Å². The predicted molar refractivity (Wildman–Crippen MR) is 71.5 cm³/mol. The van der Waals surface area contributed by atoms with Gasteiger partial charge in [-0.3, -0.25) is 0 Å². The van der Waals surface area contributed by atoms with Gasteiger partial charge < -0.3 is 5.11 Å². The van der Waals surface area contributed by atoms with Gasteiger partial charge in [-0.1, -0.05) is 35.9 Å². The van der Waals surface area contributed by atoms with Crippen LogP contribution in [0.25, 0.3) is 0 Å². The molecule has 0 saturated heterocycles. The Labute approximate surface area is 123 Å². The van der Waals surface area contributed by atoms with E-state index in [1.165, 1.54) is 30.3 Å². The SMILES string of the molecule is OC(Cc1ccc(Cl)c(F)c1)c1ccccc1C(F)(F)F. The van der Waals surface area contributed by atoms with Gasteiger partial charge in [-0.2, -0.15) is 13.2 Å². The van der Waals surface area contributed by atoms with Crippen molar-refractivity contribution in [3.05, 3.63) is 70.0 Å². The van der Waals surface area contributed by atoms with E-state index in [1.807, 2.05) is 0 Å². The number of rotatable bonds is 3. The smallest absolute Gasteiger partial charge is 0.388 e. The molecule has 0 aromatic heterocycles. The van der Waals surface area contributed by atoms with E-state index in [0.717, 1.165) is 12.1 Å². The Hall–Kier alpha value is -1.59.